The Balaban J connectivity index is 1.67. The molecule has 2 heterocycles. The molecule has 0 bridgehead atoms. The Labute approximate surface area is 165 Å². The smallest absolute Gasteiger partial charge is 0.335 e. The highest BCUT2D eigenvalue weighted by Crippen LogP contribution is 2.26. The van der Waals surface area contributed by atoms with Gasteiger partial charge in [-0.3, -0.25) is 14.9 Å². The summed E-state index contributed by atoms with van der Waals surface area (Å²) < 4.78 is 18.7. The Morgan fingerprint density at radius 1 is 1.00 bits per heavy atom. The van der Waals surface area contributed by atoms with E-state index >= 15 is 0 Å². The maximum Gasteiger partial charge on any atom is 0.335 e. The summed E-state index contributed by atoms with van der Waals surface area (Å²) in [6, 6.07) is 15.0. The lowest BCUT2D eigenvalue weighted by molar-refractivity contribution is -0.122. The third-order valence-electron chi connectivity index (χ3n) is 4.40. The Hall–Kier alpha value is -4.00. The van der Waals surface area contributed by atoms with Crippen molar-refractivity contribution in [1.29, 1.82) is 0 Å². The van der Waals surface area contributed by atoms with Gasteiger partial charge in [-0.05, 0) is 67.1 Å². The van der Waals surface area contributed by atoms with Gasteiger partial charge in [-0.15, -0.1) is 0 Å². The number of halogens is 1. The fourth-order valence-electron chi connectivity index (χ4n) is 3.00. The summed E-state index contributed by atoms with van der Waals surface area (Å²) >= 11 is 0. The number of anilines is 1. The number of imide groups is 2. The second-order valence-corrected chi connectivity index (χ2v) is 6.51. The molecule has 1 saturated heterocycles. The molecule has 144 valence electrons. The molecule has 4 rings (SSSR count). The van der Waals surface area contributed by atoms with E-state index in [1.54, 1.807) is 42.5 Å². The number of carbonyl (C=O) groups is 3. The first-order valence-corrected chi connectivity index (χ1v) is 8.76. The molecule has 0 aliphatic carbocycles. The van der Waals surface area contributed by atoms with Gasteiger partial charge in [-0.2, -0.15) is 0 Å². The molecule has 3 aromatic rings. The number of amides is 4. The summed E-state index contributed by atoms with van der Waals surface area (Å²) in [7, 11) is 0. The normalized spacial score (nSPS) is 15.7. The highest BCUT2D eigenvalue weighted by Gasteiger charge is 2.37. The lowest BCUT2D eigenvalue weighted by Gasteiger charge is -2.26. The van der Waals surface area contributed by atoms with Gasteiger partial charge in [0, 0.05) is 5.56 Å². The number of aryl methyl sites for hydroxylation is 1. The largest absolute Gasteiger partial charge is 0.457 e. The summed E-state index contributed by atoms with van der Waals surface area (Å²) in [5, 5.41) is 2.17. The van der Waals surface area contributed by atoms with Crippen LogP contribution in [-0.4, -0.2) is 17.8 Å². The maximum absolute atomic E-state index is 13.1. The van der Waals surface area contributed by atoms with Crippen LogP contribution < -0.4 is 10.2 Å². The Kier molecular flexibility index (Phi) is 4.56. The number of barbiturate groups is 1. The van der Waals surface area contributed by atoms with Crippen LogP contribution in [0.5, 0.6) is 0 Å². The molecule has 0 saturated carbocycles. The summed E-state index contributed by atoms with van der Waals surface area (Å²) in [6.07, 6.45) is 1.28. The van der Waals surface area contributed by atoms with E-state index in [4.69, 9.17) is 4.42 Å². The third-order valence-corrected chi connectivity index (χ3v) is 4.40. The molecule has 0 unspecified atom stereocenters. The van der Waals surface area contributed by atoms with Crippen LogP contribution in [0.15, 0.2) is 70.7 Å². The lowest BCUT2D eigenvalue weighted by atomic mass is 10.1. The monoisotopic (exact) mass is 390 g/mol. The predicted molar refractivity (Wildman–Crippen MR) is 104 cm³/mol. The Bertz CT molecular complexity index is 1160. The number of nitrogens with zero attached hydrogens (tertiary/aromatic N) is 1. The zero-order valence-electron chi connectivity index (χ0n) is 15.3. The van der Waals surface area contributed by atoms with Gasteiger partial charge in [-0.1, -0.05) is 12.1 Å². The first-order valence-electron chi connectivity index (χ1n) is 8.76. The Morgan fingerprint density at radius 3 is 2.48 bits per heavy atom. The van der Waals surface area contributed by atoms with Gasteiger partial charge in [0.1, 0.15) is 22.9 Å². The van der Waals surface area contributed by atoms with Crippen molar-refractivity contribution in [3.8, 4) is 11.3 Å². The average molecular weight is 390 g/mol. The van der Waals surface area contributed by atoms with Crippen LogP contribution in [0.2, 0.25) is 0 Å². The summed E-state index contributed by atoms with van der Waals surface area (Å²) in [5.74, 6) is -1.21. The van der Waals surface area contributed by atoms with E-state index in [0.717, 1.165) is 10.5 Å². The number of hydrogen-bond donors (Lipinski definition) is 1. The molecule has 1 aliphatic rings. The van der Waals surface area contributed by atoms with Crippen molar-refractivity contribution in [2.75, 3.05) is 4.90 Å². The van der Waals surface area contributed by atoms with E-state index in [0.29, 0.717) is 17.0 Å². The summed E-state index contributed by atoms with van der Waals surface area (Å²) in [6.45, 7) is 1.83. The highest BCUT2D eigenvalue weighted by molar-refractivity contribution is 6.39. The van der Waals surface area contributed by atoms with Crippen LogP contribution in [-0.2, 0) is 9.59 Å². The fraction of sp³-hybridized carbons (Fsp3) is 0.0455. The average Bonchev–Trinajstić information content (AvgIpc) is 3.14. The van der Waals surface area contributed by atoms with Crippen molar-refractivity contribution in [2.45, 2.75) is 6.92 Å². The fourth-order valence-corrected chi connectivity index (χ4v) is 3.00. The second-order valence-electron chi connectivity index (χ2n) is 6.51. The first kappa shape index (κ1) is 18.4. The van der Waals surface area contributed by atoms with Gasteiger partial charge in [0.2, 0.25) is 0 Å². The van der Waals surface area contributed by atoms with Gasteiger partial charge < -0.3 is 4.42 Å². The number of urea groups is 1. The van der Waals surface area contributed by atoms with Crippen molar-refractivity contribution < 1.29 is 23.2 Å². The van der Waals surface area contributed by atoms with Crippen LogP contribution in [0.3, 0.4) is 0 Å². The minimum Gasteiger partial charge on any atom is -0.457 e. The van der Waals surface area contributed by atoms with E-state index in [9.17, 15) is 18.8 Å². The number of benzene rings is 2. The van der Waals surface area contributed by atoms with Crippen molar-refractivity contribution in [3.05, 3.63) is 83.4 Å². The van der Waals surface area contributed by atoms with E-state index in [2.05, 4.69) is 5.32 Å². The van der Waals surface area contributed by atoms with Crippen LogP contribution in [0.25, 0.3) is 17.4 Å². The number of furan rings is 1. The van der Waals surface area contributed by atoms with E-state index in [1.165, 1.54) is 18.2 Å². The molecule has 4 amide bonds. The molecule has 6 nitrogen and oxygen atoms in total. The summed E-state index contributed by atoms with van der Waals surface area (Å²) in [4.78, 5) is 38.3. The molecule has 1 aliphatic heterocycles. The molecule has 1 N–H and O–H groups in total. The van der Waals surface area contributed by atoms with Crippen molar-refractivity contribution >= 4 is 29.6 Å². The van der Waals surface area contributed by atoms with Crippen LogP contribution in [0.1, 0.15) is 11.3 Å². The van der Waals surface area contributed by atoms with Crippen LogP contribution >= 0.6 is 0 Å². The lowest BCUT2D eigenvalue weighted by Crippen LogP contribution is -2.54. The minimum absolute atomic E-state index is 0.230. The standard InChI is InChI=1S/C22H15FN2O4/c1-13-3-2-4-16(11-13)25-21(27)18(20(26)24-22(25)28)12-17-9-10-19(29-17)14-5-7-15(23)8-6-14/h2-12H,1H3,(H,24,26,28)/b18-12+. The van der Waals surface area contributed by atoms with Crippen LogP contribution in [0, 0.1) is 12.7 Å². The number of rotatable bonds is 3. The first-order chi connectivity index (χ1) is 13.9. The summed E-state index contributed by atoms with van der Waals surface area (Å²) in [5.41, 5.74) is 1.64. The number of hydrogen-bond acceptors (Lipinski definition) is 4. The molecule has 1 aromatic heterocycles. The van der Waals surface area contributed by atoms with E-state index in [1.807, 2.05) is 13.0 Å². The molecule has 2 aromatic carbocycles. The molecule has 0 spiro atoms. The molecule has 7 heteroatoms. The van der Waals surface area contributed by atoms with Crippen molar-refractivity contribution in [1.82, 2.24) is 5.32 Å². The third kappa shape index (κ3) is 3.58. The van der Waals surface area contributed by atoms with Gasteiger partial charge in [0.15, 0.2) is 0 Å². The molecule has 1 fully saturated rings. The quantitative estimate of drug-likeness (QED) is 0.540. The molecule has 0 radical (unpaired) electrons. The van der Waals surface area contributed by atoms with Gasteiger partial charge in [0.05, 0.1) is 5.69 Å². The highest BCUT2D eigenvalue weighted by atomic mass is 19.1. The zero-order chi connectivity index (χ0) is 20.5. The molecule has 29 heavy (non-hydrogen) atoms. The maximum atomic E-state index is 13.1. The SMILES string of the molecule is Cc1cccc(N2C(=O)NC(=O)/C(=C\c3ccc(-c4ccc(F)cc4)o3)C2=O)c1. The zero-order valence-corrected chi connectivity index (χ0v) is 15.3. The van der Waals surface area contributed by atoms with Crippen LogP contribution in [0.4, 0.5) is 14.9 Å². The Morgan fingerprint density at radius 2 is 1.76 bits per heavy atom. The van der Waals surface area contributed by atoms with Crippen molar-refractivity contribution in [2.24, 2.45) is 0 Å². The molecular weight excluding hydrogens is 375 g/mol. The predicted octanol–water partition coefficient (Wildman–Crippen LogP) is 4.06. The topological polar surface area (TPSA) is 79.6 Å². The number of carbonyl (C=O) groups excluding carboxylic acids is 3. The van der Waals surface area contributed by atoms with Gasteiger partial charge >= 0.3 is 6.03 Å². The molecule has 0 atom stereocenters. The molecular formula is C22H15FN2O4. The van der Waals surface area contributed by atoms with E-state index < -0.39 is 17.8 Å². The van der Waals surface area contributed by atoms with Gasteiger partial charge in [-0.25, -0.2) is 14.1 Å². The van der Waals surface area contributed by atoms with Gasteiger partial charge in [0.25, 0.3) is 11.8 Å². The van der Waals surface area contributed by atoms with E-state index in [-0.39, 0.29) is 17.2 Å². The van der Waals surface area contributed by atoms with Crippen molar-refractivity contribution in [3.63, 3.8) is 0 Å². The number of nitrogens with one attached hydrogen (secondary N) is 1. The second kappa shape index (κ2) is 7.20. The minimum atomic E-state index is -0.811.